The monoisotopic (exact) mass is 254 g/mol. The number of benzene rings is 1. The molecule has 0 radical (unpaired) electrons. The van der Waals surface area contributed by atoms with Crippen molar-refractivity contribution < 1.29 is 0 Å². The average Bonchev–Trinajstić information content (AvgIpc) is 2.40. The normalized spacial score (nSPS) is 16.9. The summed E-state index contributed by atoms with van der Waals surface area (Å²) in [7, 11) is 0. The maximum Gasteiger partial charge on any atom is 0.0989 e. The second-order valence-corrected chi connectivity index (χ2v) is 4.80. The van der Waals surface area contributed by atoms with Crippen molar-refractivity contribution >= 4 is 23.5 Å². The molecule has 0 unspecified atom stereocenters. The number of aryl methyl sites for hydroxylation is 1. The lowest BCUT2D eigenvalue weighted by Gasteiger charge is -2.30. The molecule has 0 N–H and O–H groups in total. The van der Waals surface area contributed by atoms with Crippen LogP contribution in [0.2, 0.25) is 0 Å². The van der Waals surface area contributed by atoms with Gasteiger partial charge in [0.15, 0.2) is 0 Å². The van der Waals surface area contributed by atoms with Gasteiger partial charge in [0.2, 0.25) is 0 Å². The van der Waals surface area contributed by atoms with Crippen molar-refractivity contribution in [1.82, 2.24) is 0 Å². The lowest BCUT2D eigenvalue weighted by Crippen LogP contribution is -2.18. The maximum absolute atomic E-state index is 8.96. The molecule has 0 atom stereocenters. The van der Waals surface area contributed by atoms with E-state index in [0.717, 1.165) is 28.9 Å². The number of fused-ring (bicyclic) bond motifs is 2. The molecule has 1 aromatic carbocycles. The zero-order valence-corrected chi connectivity index (χ0v) is 10.7. The van der Waals surface area contributed by atoms with Gasteiger partial charge in [0, 0.05) is 17.3 Å². The minimum absolute atomic E-state index is 0.670. The summed E-state index contributed by atoms with van der Waals surface area (Å²) in [5.41, 5.74) is 6.09. The van der Waals surface area contributed by atoms with Crippen molar-refractivity contribution in [2.75, 3.05) is 4.42 Å². The molecule has 2 nitrogen and oxygen atoms in total. The number of allylic oxidation sites excluding steroid dienone is 4. The van der Waals surface area contributed by atoms with Gasteiger partial charge in [-0.1, -0.05) is 18.2 Å². The van der Waals surface area contributed by atoms with Gasteiger partial charge in [-0.15, -0.1) is 0 Å². The molecule has 1 aliphatic heterocycles. The summed E-state index contributed by atoms with van der Waals surface area (Å²) >= 11 is 6.40. The maximum atomic E-state index is 8.96. The average molecular weight is 255 g/mol. The summed E-state index contributed by atoms with van der Waals surface area (Å²) < 4.78 is 1.65. The zero-order chi connectivity index (χ0) is 12.7. The fourth-order valence-corrected chi connectivity index (χ4v) is 2.65. The first-order valence-corrected chi connectivity index (χ1v) is 6.13. The summed E-state index contributed by atoms with van der Waals surface area (Å²) in [5, 5.41) is 8.96. The van der Waals surface area contributed by atoms with Crippen LogP contribution in [0.25, 0.3) is 6.08 Å². The lowest BCUT2D eigenvalue weighted by molar-refractivity contribution is 1.11. The van der Waals surface area contributed by atoms with E-state index < -0.39 is 0 Å². The van der Waals surface area contributed by atoms with E-state index in [1.807, 2.05) is 24.3 Å². The number of hydrogen-bond donors (Lipinski definition) is 0. The Kier molecular flexibility index (Phi) is 2.50. The molecular weight excluding hydrogens is 244 g/mol. The minimum Gasteiger partial charge on any atom is -0.253 e. The predicted octanol–water partition coefficient (Wildman–Crippen LogP) is 4.09. The molecule has 0 spiro atoms. The van der Waals surface area contributed by atoms with Crippen LogP contribution in [0.1, 0.15) is 17.5 Å². The van der Waals surface area contributed by atoms with Crippen LogP contribution in [0.3, 0.4) is 0 Å². The van der Waals surface area contributed by atoms with Crippen molar-refractivity contribution in [3.8, 4) is 6.07 Å². The highest BCUT2D eigenvalue weighted by Gasteiger charge is 2.24. The molecule has 1 heterocycles. The topological polar surface area (TPSA) is 27.0 Å². The standard InChI is InChI=1S/C15H11ClN2/c1-10-3-2-4-14-13(10)8-12-6-5-11(9-17)7-15(12)18(14)16/h2-5,7-8H,6H2,1H3. The number of nitriles is 1. The Morgan fingerprint density at radius 1 is 1.33 bits per heavy atom. The third-order valence-electron chi connectivity index (χ3n) is 3.33. The fraction of sp³-hybridized carbons (Fsp3) is 0.133. The Hall–Kier alpha value is -1.98. The third-order valence-corrected chi connectivity index (χ3v) is 3.70. The second-order valence-electron chi connectivity index (χ2n) is 4.46. The molecule has 0 aromatic heterocycles. The number of anilines is 1. The van der Waals surface area contributed by atoms with Crippen molar-refractivity contribution in [1.29, 1.82) is 5.26 Å². The highest BCUT2D eigenvalue weighted by molar-refractivity contribution is 6.29. The minimum atomic E-state index is 0.670. The van der Waals surface area contributed by atoms with Crippen LogP contribution in [0.15, 0.2) is 47.2 Å². The van der Waals surface area contributed by atoms with E-state index in [0.29, 0.717) is 5.57 Å². The Labute approximate surface area is 111 Å². The molecule has 3 heteroatoms. The predicted molar refractivity (Wildman–Crippen MR) is 73.9 cm³/mol. The van der Waals surface area contributed by atoms with Crippen LogP contribution >= 0.6 is 11.8 Å². The van der Waals surface area contributed by atoms with Crippen LogP contribution in [0.5, 0.6) is 0 Å². The largest absolute Gasteiger partial charge is 0.253 e. The Bertz CT molecular complexity index is 660. The number of rotatable bonds is 0. The second kappa shape index (κ2) is 4.04. The van der Waals surface area contributed by atoms with E-state index in [-0.39, 0.29) is 0 Å². The highest BCUT2D eigenvalue weighted by atomic mass is 35.5. The van der Waals surface area contributed by atoms with E-state index in [2.05, 4.69) is 25.1 Å². The summed E-state index contributed by atoms with van der Waals surface area (Å²) in [6.45, 7) is 2.08. The Morgan fingerprint density at radius 2 is 2.17 bits per heavy atom. The van der Waals surface area contributed by atoms with Gasteiger partial charge in [-0.3, -0.25) is 4.42 Å². The first-order valence-electron chi connectivity index (χ1n) is 5.79. The van der Waals surface area contributed by atoms with Crippen molar-refractivity contribution in [3.05, 3.63) is 58.3 Å². The molecule has 2 aliphatic rings. The Balaban J connectivity index is 2.19. The van der Waals surface area contributed by atoms with E-state index in [9.17, 15) is 0 Å². The molecule has 88 valence electrons. The van der Waals surface area contributed by atoms with Crippen LogP contribution in [0, 0.1) is 18.3 Å². The molecule has 0 fully saturated rings. The SMILES string of the molecule is Cc1cccc2c1C=C1CC=C(C#N)C=C1N2Cl. The van der Waals surface area contributed by atoms with Gasteiger partial charge >= 0.3 is 0 Å². The number of nitrogens with zero attached hydrogens (tertiary/aromatic N) is 2. The summed E-state index contributed by atoms with van der Waals surface area (Å²) in [6, 6.07) is 8.23. The molecule has 0 saturated heterocycles. The third kappa shape index (κ3) is 1.56. The van der Waals surface area contributed by atoms with Gasteiger partial charge in [0.1, 0.15) is 0 Å². The number of halogens is 1. The van der Waals surface area contributed by atoms with Gasteiger partial charge in [0.25, 0.3) is 0 Å². The molecule has 0 saturated carbocycles. The lowest BCUT2D eigenvalue weighted by atomic mass is 9.92. The fourth-order valence-electron chi connectivity index (χ4n) is 2.35. The van der Waals surface area contributed by atoms with Crippen LogP contribution in [-0.4, -0.2) is 0 Å². The van der Waals surface area contributed by atoms with Crippen molar-refractivity contribution in [3.63, 3.8) is 0 Å². The summed E-state index contributed by atoms with van der Waals surface area (Å²) in [4.78, 5) is 0. The summed E-state index contributed by atoms with van der Waals surface area (Å²) in [6.07, 6.45) is 6.70. The van der Waals surface area contributed by atoms with Gasteiger partial charge in [0.05, 0.1) is 23.0 Å². The van der Waals surface area contributed by atoms with Gasteiger partial charge in [-0.05, 0) is 42.7 Å². The molecule has 1 aliphatic carbocycles. The molecule has 0 bridgehead atoms. The van der Waals surface area contributed by atoms with Gasteiger partial charge in [-0.25, -0.2) is 0 Å². The van der Waals surface area contributed by atoms with Gasteiger partial charge < -0.3 is 0 Å². The van der Waals surface area contributed by atoms with E-state index in [4.69, 9.17) is 17.0 Å². The highest BCUT2D eigenvalue weighted by Crippen LogP contribution is 2.41. The first-order chi connectivity index (χ1) is 8.70. The molecule has 18 heavy (non-hydrogen) atoms. The van der Waals surface area contributed by atoms with Crippen LogP contribution in [0.4, 0.5) is 5.69 Å². The molecule has 3 rings (SSSR count). The van der Waals surface area contributed by atoms with E-state index in [1.165, 1.54) is 5.56 Å². The van der Waals surface area contributed by atoms with Crippen molar-refractivity contribution in [2.45, 2.75) is 13.3 Å². The van der Waals surface area contributed by atoms with E-state index in [1.54, 1.807) is 4.42 Å². The van der Waals surface area contributed by atoms with Crippen LogP contribution in [-0.2, 0) is 0 Å². The van der Waals surface area contributed by atoms with Crippen molar-refractivity contribution in [2.24, 2.45) is 0 Å². The zero-order valence-electron chi connectivity index (χ0n) is 9.94. The number of hydrogen-bond acceptors (Lipinski definition) is 2. The molecule has 0 amide bonds. The quantitative estimate of drug-likeness (QED) is 0.652. The first kappa shape index (κ1) is 11.1. The summed E-state index contributed by atoms with van der Waals surface area (Å²) in [5.74, 6) is 0. The van der Waals surface area contributed by atoms with E-state index >= 15 is 0 Å². The molecule has 1 aromatic rings. The van der Waals surface area contributed by atoms with Crippen LogP contribution < -0.4 is 4.42 Å². The van der Waals surface area contributed by atoms with Gasteiger partial charge in [-0.2, -0.15) is 5.26 Å². The smallest absolute Gasteiger partial charge is 0.0989 e. The Morgan fingerprint density at radius 3 is 2.94 bits per heavy atom. The molecular formula is C15H11ClN2.